The van der Waals surface area contributed by atoms with Crippen LogP contribution in [0.1, 0.15) is 16.9 Å². The molecule has 0 saturated carbocycles. The lowest BCUT2D eigenvalue weighted by atomic mass is 10.2. The minimum atomic E-state index is -0.531. The van der Waals surface area contributed by atoms with E-state index < -0.39 is 5.82 Å². The Bertz CT molecular complexity index is 709. The summed E-state index contributed by atoms with van der Waals surface area (Å²) in [6.45, 7) is 1.79. The van der Waals surface area contributed by atoms with E-state index in [2.05, 4.69) is 20.5 Å². The normalized spacial score (nSPS) is 10.7. The zero-order valence-electron chi connectivity index (χ0n) is 13.6. The topological polar surface area (TPSA) is 57.3 Å². The second-order valence-electron chi connectivity index (χ2n) is 5.60. The van der Waals surface area contributed by atoms with Crippen molar-refractivity contribution in [1.29, 1.82) is 0 Å². The van der Waals surface area contributed by atoms with Crippen molar-refractivity contribution < 1.29 is 9.18 Å². The number of pyridine rings is 1. The molecule has 0 spiro atoms. The van der Waals surface area contributed by atoms with Crippen LogP contribution in [0.15, 0.2) is 36.5 Å². The summed E-state index contributed by atoms with van der Waals surface area (Å²) in [6.07, 6.45) is 2.56. The van der Waals surface area contributed by atoms with Gasteiger partial charge in [-0.15, -0.1) is 0 Å². The minimum Gasteiger partial charge on any atom is -0.385 e. The molecule has 1 amide bonds. The highest BCUT2D eigenvalue weighted by Gasteiger charge is 2.10. The van der Waals surface area contributed by atoms with Crippen molar-refractivity contribution in [2.45, 2.75) is 6.42 Å². The Labute approximate surface area is 145 Å². The first kappa shape index (κ1) is 18.2. The van der Waals surface area contributed by atoms with Gasteiger partial charge in [0.15, 0.2) is 0 Å². The molecule has 0 radical (unpaired) electrons. The van der Waals surface area contributed by atoms with Gasteiger partial charge in [0.05, 0.1) is 5.02 Å². The fourth-order valence-electron chi connectivity index (χ4n) is 2.06. The lowest BCUT2D eigenvalue weighted by molar-refractivity contribution is 0.102. The van der Waals surface area contributed by atoms with Crippen LogP contribution in [0.3, 0.4) is 0 Å². The van der Waals surface area contributed by atoms with Gasteiger partial charge >= 0.3 is 0 Å². The van der Waals surface area contributed by atoms with Crippen molar-refractivity contribution in [3.8, 4) is 0 Å². The van der Waals surface area contributed by atoms with E-state index in [1.54, 1.807) is 18.3 Å². The highest BCUT2D eigenvalue weighted by atomic mass is 35.5. The molecule has 5 nitrogen and oxygen atoms in total. The third-order valence-corrected chi connectivity index (χ3v) is 3.57. The van der Waals surface area contributed by atoms with Crippen molar-refractivity contribution in [1.82, 2.24) is 9.88 Å². The highest BCUT2D eigenvalue weighted by Crippen LogP contribution is 2.20. The third-order valence-electron chi connectivity index (χ3n) is 3.28. The fourth-order valence-corrected chi connectivity index (χ4v) is 2.24. The largest absolute Gasteiger partial charge is 0.385 e. The van der Waals surface area contributed by atoms with Crippen molar-refractivity contribution in [3.05, 3.63) is 53.1 Å². The number of nitrogens with one attached hydrogen (secondary N) is 2. The predicted octanol–water partition coefficient (Wildman–Crippen LogP) is 3.49. The van der Waals surface area contributed by atoms with Crippen molar-refractivity contribution in [2.75, 3.05) is 37.8 Å². The third kappa shape index (κ3) is 5.47. The average molecular weight is 351 g/mol. The number of halogens is 2. The van der Waals surface area contributed by atoms with Crippen molar-refractivity contribution in [2.24, 2.45) is 0 Å². The molecule has 1 aromatic heterocycles. The molecule has 2 rings (SSSR count). The maximum Gasteiger partial charge on any atom is 0.274 e. The van der Waals surface area contributed by atoms with Gasteiger partial charge in [-0.1, -0.05) is 11.6 Å². The zero-order valence-corrected chi connectivity index (χ0v) is 14.4. The Morgan fingerprint density at radius 3 is 2.75 bits per heavy atom. The Balaban J connectivity index is 1.96. The van der Waals surface area contributed by atoms with Crippen LogP contribution >= 0.6 is 11.6 Å². The van der Waals surface area contributed by atoms with Crippen LogP contribution in [-0.4, -0.2) is 43.0 Å². The van der Waals surface area contributed by atoms with Gasteiger partial charge in [0.1, 0.15) is 11.5 Å². The van der Waals surface area contributed by atoms with Crippen LogP contribution in [0.4, 0.5) is 15.8 Å². The summed E-state index contributed by atoms with van der Waals surface area (Å²) in [5, 5.41) is 5.86. The summed E-state index contributed by atoms with van der Waals surface area (Å²) in [5.41, 5.74) is 1.51. The first-order valence-electron chi connectivity index (χ1n) is 7.57. The molecular formula is C17H20ClFN4O. The van der Waals surface area contributed by atoms with Crippen LogP contribution < -0.4 is 10.6 Å². The molecule has 128 valence electrons. The molecule has 0 aliphatic carbocycles. The number of aromatic nitrogens is 1. The standard InChI is InChI=1S/C17H20ClFN4O/c1-23(2)9-3-7-20-12-6-8-21-16(11-12)17(24)22-13-4-5-15(19)14(18)10-13/h4-6,8,10-11H,3,7,9H2,1-2H3,(H,20,21)(H,22,24). The maximum absolute atomic E-state index is 13.1. The Hall–Kier alpha value is -2.18. The fraction of sp³-hybridized carbons (Fsp3) is 0.294. The van der Waals surface area contributed by atoms with E-state index in [-0.39, 0.29) is 16.6 Å². The number of carbonyl (C=O) groups is 1. The number of hydrogen-bond acceptors (Lipinski definition) is 4. The van der Waals surface area contributed by atoms with E-state index in [1.165, 1.54) is 18.2 Å². The lowest BCUT2D eigenvalue weighted by Gasteiger charge is -2.11. The van der Waals surface area contributed by atoms with E-state index in [1.807, 2.05) is 14.1 Å². The highest BCUT2D eigenvalue weighted by molar-refractivity contribution is 6.31. The smallest absolute Gasteiger partial charge is 0.274 e. The molecule has 0 aliphatic heterocycles. The predicted molar refractivity (Wildman–Crippen MR) is 95.3 cm³/mol. The number of nitrogens with zero attached hydrogens (tertiary/aromatic N) is 2. The summed E-state index contributed by atoms with van der Waals surface area (Å²) in [5.74, 6) is -0.911. The summed E-state index contributed by atoms with van der Waals surface area (Å²) >= 11 is 5.71. The second-order valence-corrected chi connectivity index (χ2v) is 6.00. The number of hydrogen-bond donors (Lipinski definition) is 2. The Morgan fingerprint density at radius 1 is 1.25 bits per heavy atom. The van der Waals surface area contributed by atoms with Gasteiger partial charge in [0.25, 0.3) is 5.91 Å². The van der Waals surface area contributed by atoms with Crippen LogP contribution in [0.25, 0.3) is 0 Å². The molecule has 0 atom stereocenters. The van der Waals surface area contributed by atoms with Gasteiger partial charge in [0, 0.05) is 24.1 Å². The average Bonchev–Trinajstić information content (AvgIpc) is 2.55. The summed E-state index contributed by atoms with van der Waals surface area (Å²) < 4.78 is 13.1. The minimum absolute atomic E-state index is 0.0444. The molecule has 0 aliphatic rings. The quantitative estimate of drug-likeness (QED) is 0.750. The summed E-state index contributed by atoms with van der Waals surface area (Å²) in [4.78, 5) is 18.4. The molecule has 1 aromatic carbocycles. The van der Waals surface area contributed by atoms with Gasteiger partial charge < -0.3 is 15.5 Å². The van der Waals surface area contributed by atoms with Crippen LogP contribution in [-0.2, 0) is 0 Å². The summed E-state index contributed by atoms with van der Waals surface area (Å²) in [6, 6.07) is 7.49. The number of amides is 1. The molecular weight excluding hydrogens is 331 g/mol. The van der Waals surface area contributed by atoms with E-state index in [9.17, 15) is 9.18 Å². The molecule has 7 heteroatoms. The zero-order chi connectivity index (χ0) is 17.5. The Morgan fingerprint density at radius 2 is 2.04 bits per heavy atom. The van der Waals surface area contributed by atoms with E-state index in [0.29, 0.717) is 5.69 Å². The SMILES string of the molecule is CN(C)CCCNc1ccnc(C(=O)Nc2ccc(F)c(Cl)c2)c1. The molecule has 2 N–H and O–H groups in total. The van der Waals surface area contributed by atoms with Crippen LogP contribution in [0.5, 0.6) is 0 Å². The van der Waals surface area contributed by atoms with Gasteiger partial charge in [-0.3, -0.25) is 9.78 Å². The number of benzene rings is 1. The van der Waals surface area contributed by atoms with Crippen LogP contribution in [0.2, 0.25) is 5.02 Å². The number of carbonyl (C=O) groups excluding carboxylic acids is 1. The van der Waals surface area contributed by atoms with E-state index in [0.717, 1.165) is 25.2 Å². The van der Waals surface area contributed by atoms with Crippen molar-refractivity contribution >= 4 is 28.9 Å². The monoisotopic (exact) mass is 350 g/mol. The van der Waals surface area contributed by atoms with Crippen LogP contribution in [0, 0.1) is 5.82 Å². The van der Waals surface area contributed by atoms with Gasteiger partial charge in [0.2, 0.25) is 0 Å². The van der Waals surface area contributed by atoms with Gasteiger partial charge in [-0.2, -0.15) is 0 Å². The molecule has 1 heterocycles. The molecule has 0 bridgehead atoms. The van der Waals surface area contributed by atoms with E-state index >= 15 is 0 Å². The molecule has 24 heavy (non-hydrogen) atoms. The summed E-state index contributed by atoms with van der Waals surface area (Å²) in [7, 11) is 4.05. The number of rotatable bonds is 7. The number of anilines is 2. The van der Waals surface area contributed by atoms with Gasteiger partial charge in [-0.25, -0.2) is 4.39 Å². The molecule has 0 saturated heterocycles. The molecule has 0 unspecified atom stereocenters. The van der Waals surface area contributed by atoms with E-state index in [4.69, 9.17) is 11.6 Å². The Kier molecular flexibility index (Phi) is 6.52. The molecule has 0 fully saturated rings. The van der Waals surface area contributed by atoms with Crippen molar-refractivity contribution in [3.63, 3.8) is 0 Å². The second kappa shape index (κ2) is 8.61. The first-order chi connectivity index (χ1) is 11.5. The lowest BCUT2D eigenvalue weighted by Crippen LogP contribution is -2.17. The maximum atomic E-state index is 13.1. The first-order valence-corrected chi connectivity index (χ1v) is 7.94. The molecule has 2 aromatic rings. The van der Waals surface area contributed by atoms with Gasteiger partial charge in [-0.05, 0) is 57.4 Å².